The molecule has 0 saturated carbocycles. The maximum atomic E-state index is 6.28. The van der Waals surface area contributed by atoms with Gasteiger partial charge in [0.15, 0.2) is 0 Å². The minimum atomic E-state index is 0.633. The van der Waals surface area contributed by atoms with Gasteiger partial charge in [0.1, 0.15) is 0 Å². The summed E-state index contributed by atoms with van der Waals surface area (Å²) in [6.45, 7) is 17.0. The number of hydrogen-bond donors (Lipinski definition) is 2. The van der Waals surface area contributed by atoms with Crippen molar-refractivity contribution < 1.29 is 0 Å². The number of rotatable bonds is 10. The van der Waals surface area contributed by atoms with Crippen molar-refractivity contribution in [3.05, 3.63) is 82.9 Å². The predicted octanol–water partition coefficient (Wildman–Crippen LogP) is 5.56. The van der Waals surface area contributed by atoms with Gasteiger partial charge in [-0.3, -0.25) is 9.98 Å². The minimum Gasteiger partial charge on any atom is -0.399 e. The molecule has 0 saturated heterocycles. The van der Waals surface area contributed by atoms with E-state index in [2.05, 4.69) is 48.6 Å². The van der Waals surface area contributed by atoms with E-state index < -0.39 is 0 Å². The third kappa shape index (κ3) is 8.77. The molecule has 0 heterocycles. The Labute approximate surface area is 176 Å². The second-order valence-corrected chi connectivity index (χ2v) is 7.29. The Balaban J connectivity index is 3.04. The first-order valence-corrected chi connectivity index (χ1v) is 10.1. The minimum absolute atomic E-state index is 0.633. The molecule has 4 heteroatoms. The molecule has 0 radical (unpaired) electrons. The Hall–Kier alpha value is -2.88. The largest absolute Gasteiger partial charge is 0.399 e. The van der Waals surface area contributed by atoms with Gasteiger partial charge in [-0.05, 0) is 68.6 Å². The molecule has 0 bridgehead atoms. The van der Waals surface area contributed by atoms with Crippen LogP contribution in [0.5, 0.6) is 0 Å². The van der Waals surface area contributed by atoms with Crippen LogP contribution in [0.15, 0.2) is 92.9 Å². The molecule has 0 aromatic heterocycles. The number of hydrogen-bond acceptors (Lipinski definition) is 4. The van der Waals surface area contributed by atoms with E-state index in [1.54, 1.807) is 13.3 Å². The van der Waals surface area contributed by atoms with Gasteiger partial charge in [0.25, 0.3) is 0 Å². The second kappa shape index (κ2) is 12.6. The molecule has 0 unspecified atom stereocenters. The van der Waals surface area contributed by atoms with Gasteiger partial charge in [-0.2, -0.15) is 0 Å². The summed E-state index contributed by atoms with van der Waals surface area (Å²) in [5.41, 5.74) is 14.0. The molecule has 0 aromatic carbocycles. The van der Waals surface area contributed by atoms with Crippen LogP contribution in [0.2, 0.25) is 0 Å². The lowest BCUT2D eigenvalue weighted by molar-refractivity contribution is 0.867. The third-order valence-electron chi connectivity index (χ3n) is 4.60. The molecule has 156 valence electrons. The number of aliphatic imine (C=N–C) groups is 2. The van der Waals surface area contributed by atoms with Crippen LogP contribution in [0.3, 0.4) is 0 Å². The van der Waals surface area contributed by atoms with Crippen molar-refractivity contribution in [2.45, 2.75) is 47.0 Å². The van der Waals surface area contributed by atoms with Crippen LogP contribution in [-0.2, 0) is 0 Å². The summed E-state index contributed by atoms with van der Waals surface area (Å²) in [5, 5.41) is 3.40. The summed E-state index contributed by atoms with van der Waals surface area (Å²) in [6.07, 6.45) is 15.0. The first kappa shape index (κ1) is 24.2. The highest BCUT2D eigenvalue weighted by molar-refractivity contribution is 6.08. The fourth-order valence-corrected chi connectivity index (χ4v) is 2.70. The predicted molar refractivity (Wildman–Crippen MR) is 129 cm³/mol. The maximum absolute atomic E-state index is 6.28. The first-order valence-electron chi connectivity index (χ1n) is 10.1. The maximum Gasteiger partial charge on any atom is 0.0860 e. The highest BCUT2D eigenvalue weighted by atomic mass is 14.9. The van der Waals surface area contributed by atoms with E-state index >= 15 is 0 Å². The van der Waals surface area contributed by atoms with Crippen LogP contribution in [0.4, 0.5) is 0 Å². The average Bonchev–Trinajstić information content (AvgIpc) is 2.85. The molecular formula is C25H36N4. The zero-order chi connectivity index (χ0) is 21.8. The van der Waals surface area contributed by atoms with Crippen LogP contribution < -0.4 is 11.1 Å². The molecule has 3 N–H and O–H groups in total. The normalized spacial score (nSPS) is 16.2. The van der Waals surface area contributed by atoms with Gasteiger partial charge in [-0.15, -0.1) is 0 Å². The molecular weight excluding hydrogens is 356 g/mol. The fraction of sp³-hybridized carbons (Fsp3) is 0.360. The molecule has 0 atom stereocenters. The topological polar surface area (TPSA) is 62.8 Å². The van der Waals surface area contributed by atoms with Gasteiger partial charge >= 0.3 is 0 Å². The third-order valence-corrected chi connectivity index (χ3v) is 4.60. The molecule has 0 fully saturated rings. The molecule has 0 aliphatic heterocycles. The molecule has 1 aliphatic carbocycles. The average molecular weight is 393 g/mol. The Morgan fingerprint density at radius 3 is 2.62 bits per heavy atom. The number of nitrogens with zero attached hydrogens (tertiary/aromatic N) is 2. The smallest absolute Gasteiger partial charge is 0.0860 e. The lowest BCUT2D eigenvalue weighted by Crippen LogP contribution is -2.21. The van der Waals surface area contributed by atoms with E-state index in [0.717, 1.165) is 58.8 Å². The molecule has 0 amide bonds. The molecule has 1 rings (SSSR count). The molecule has 29 heavy (non-hydrogen) atoms. The van der Waals surface area contributed by atoms with Crippen LogP contribution in [-0.4, -0.2) is 25.5 Å². The Morgan fingerprint density at radius 2 is 2.00 bits per heavy atom. The van der Waals surface area contributed by atoms with E-state index in [9.17, 15) is 0 Å². The van der Waals surface area contributed by atoms with Crippen LogP contribution in [0.1, 0.15) is 47.0 Å². The molecule has 0 spiro atoms. The summed E-state index contributed by atoms with van der Waals surface area (Å²) in [7, 11) is 1.74. The zero-order valence-electron chi connectivity index (χ0n) is 18.7. The number of allylic oxidation sites excluding steroid dienone is 8. The summed E-state index contributed by atoms with van der Waals surface area (Å²) in [5.74, 6) is 0. The van der Waals surface area contributed by atoms with E-state index in [-0.39, 0.29) is 0 Å². The Bertz CT molecular complexity index is 827. The van der Waals surface area contributed by atoms with E-state index in [1.165, 1.54) is 5.57 Å². The fourth-order valence-electron chi connectivity index (χ4n) is 2.70. The second-order valence-electron chi connectivity index (χ2n) is 7.29. The van der Waals surface area contributed by atoms with Gasteiger partial charge in [0, 0.05) is 31.2 Å². The number of nitrogens with two attached hydrogens (primary N) is 1. The highest BCUT2D eigenvalue weighted by Crippen LogP contribution is 2.19. The monoisotopic (exact) mass is 392 g/mol. The van der Waals surface area contributed by atoms with Crippen molar-refractivity contribution in [1.29, 1.82) is 0 Å². The van der Waals surface area contributed by atoms with Gasteiger partial charge in [0.05, 0.1) is 11.4 Å². The van der Waals surface area contributed by atoms with Crippen LogP contribution in [0, 0.1) is 0 Å². The van der Waals surface area contributed by atoms with Gasteiger partial charge < -0.3 is 11.1 Å². The van der Waals surface area contributed by atoms with Crippen molar-refractivity contribution in [3.8, 4) is 0 Å². The van der Waals surface area contributed by atoms with Crippen molar-refractivity contribution in [2.75, 3.05) is 13.6 Å². The Morgan fingerprint density at radius 1 is 1.28 bits per heavy atom. The summed E-state index contributed by atoms with van der Waals surface area (Å²) < 4.78 is 0. The standard InChI is InChI=1S/C25H36N4/c1-8-10-23-12-9-11-22(16-24(23)26)17-28-21(6)25(15-19(4)18(2)3)29-20(5)13-14-27-7/h9,11,13-16,28H,2,6,8,10,12,17,26H2,1,3-5,7H3/b19-15+,20-13+,27-14?,29-25+. The van der Waals surface area contributed by atoms with Crippen molar-refractivity contribution in [3.63, 3.8) is 0 Å². The highest BCUT2D eigenvalue weighted by Gasteiger charge is 2.08. The van der Waals surface area contributed by atoms with Gasteiger partial charge in [-0.1, -0.05) is 44.2 Å². The first-order chi connectivity index (χ1) is 13.8. The quantitative estimate of drug-likeness (QED) is 0.378. The summed E-state index contributed by atoms with van der Waals surface area (Å²) >= 11 is 0. The zero-order valence-corrected chi connectivity index (χ0v) is 18.7. The SMILES string of the molecule is C=C(C)/C(C)=C/C(=N\C(C)=C\C=NC)C(=C)NCC1=CC(N)=C(CCC)CC=C1. The summed E-state index contributed by atoms with van der Waals surface area (Å²) in [6, 6.07) is 0. The van der Waals surface area contributed by atoms with E-state index in [0.29, 0.717) is 6.54 Å². The van der Waals surface area contributed by atoms with Crippen molar-refractivity contribution >= 4 is 11.9 Å². The van der Waals surface area contributed by atoms with E-state index in [1.807, 2.05) is 32.9 Å². The van der Waals surface area contributed by atoms with Crippen molar-refractivity contribution in [2.24, 2.45) is 15.7 Å². The molecule has 0 aromatic rings. The van der Waals surface area contributed by atoms with Gasteiger partial charge in [0.2, 0.25) is 0 Å². The van der Waals surface area contributed by atoms with Crippen LogP contribution in [0.25, 0.3) is 0 Å². The van der Waals surface area contributed by atoms with Crippen LogP contribution >= 0.6 is 0 Å². The van der Waals surface area contributed by atoms with E-state index in [4.69, 9.17) is 10.7 Å². The van der Waals surface area contributed by atoms with Gasteiger partial charge in [-0.25, -0.2) is 0 Å². The molecule has 4 nitrogen and oxygen atoms in total. The molecule has 1 aliphatic rings. The Kier molecular flexibility index (Phi) is 10.5. The summed E-state index contributed by atoms with van der Waals surface area (Å²) in [4.78, 5) is 8.69. The lowest BCUT2D eigenvalue weighted by Gasteiger charge is -2.12. The van der Waals surface area contributed by atoms with Crippen molar-refractivity contribution in [1.82, 2.24) is 5.32 Å². The lowest BCUT2D eigenvalue weighted by atomic mass is 10.1. The number of nitrogens with one attached hydrogen (secondary N) is 1.